The van der Waals surface area contributed by atoms with Gasteiger partial charge in [0.05, 0.1) is 18.3 Å². The van der Waals surface area contributed by atoms with E-state index in [2.05, 4.69) is 45.7 Å². The average molecular weight is 465 g/mol. The summed E-state index contributed by atoms with van der Waals surface area (Å²) in [4.78, 5) is 30.1. The van der Waals surface area contributed by atoms with Gasteiger partial charge in [0.25, 0.3) is 0 Å². The number of aryl methyl sites for hydroxylation is 1. The number of ether oxygens (including phenoxy) is 1. The van der Waals surface area contributed by atoms with Gasteiger partial charge in [0.1, 0.15) is 5.75 Å². The van der Waals surface area contributed by atoms with E-state index in [-0.39, 0.29) is 6.04 Å². The van der Waals surface area contributed by atoms with Crippen molar-refractivity contribution >= 4 is 23.2 Å². The Bertz CT molecular complexity index is 1000. The topological polar surface area (TPSA) is 73.9 Å². The molecule has 0 aliphatic carbocycles. The predicted octanol–water partition coefficient (Wildman–Crippen LogP) is 3.75. The number of para-hydroxylation sites is 2. The highest BCUT2D eigenvalue weighted by atomic mass is 16.5. The molecule has 0 spiro atoms. The Balaban J connectivity index is 1.46. The van der Waals surface area contributed by atoms with E-state index < -0.39 is 11.8 Å². The molecule has 0 bridgehead atoms. The zero-order chi connectivity index (χ0) is 23.9. The molecule has 1 saturated heterocycles. The summed E-state index contributed by atoms with van der Waals surface area (Å²) < 4.78 is 5.55. The van der Waals surface area contributed by atoms with Crippen LogP contribution in [-0.2, 0) is 16.0 Å². The summed E-state index contributed by atoms with van der Waals surface area (Å²) in [5, 5.41) is 5.58. The Labute approximate surface area is 202 Å². The number of nitrogens with one attached hydrogen (secondary N) is 2. The number of hydrogen-bond donors (Lipinski definition) is 2. The van der Waals surface area contributed by atoms with Gasteiger partial charge in [0, 0.05) is 25.8 Å². The van der Waals surface area contributed by atoms with Crippen LogP contribution in [0.2, 0.25) is 0 Å². The summed E-state index contributed by atoms with van der Waals surface area (Å²) in [5.41, 5.74) is 4.36. The minimum Gasteiger partial charge on any atom is -0.492 e. The van der Waals surface area contributed by atoms with E-state index in [1.807, 2.05) is 13.0 Å². The number of carbonyl (C=O) groups is 2. The second-order valence-electron chi connectivity index (χ2n) is 9.12. The van der Waals surface area contributed by atoms with Crippen LogP contribution in [0.4, 0.5) is 11.4 Å². The first-order valence-corrected chi connectivity index (χ1v) is 12.5. The Morgan fingerprint density at radius 3 is 2.59 bits per heavy atom. The van der Waals surface area contributed by atoms with Crippen molar-refractivity contribution in [3.05, 3.63) is 53.6 Å². The number of fused-ring (bicyclic) bond motifs is 1. The van der Waals surface area contributed by atoms with Gasteiger partial charge in [-0.05, 0) is 75.0 Å². The molecule has 2 heterocycles. The maximum absolute atomic E-state index is 12.7. The fourth-order valence-corrected chi connectivity index (χ4v) is 5.00. The number of anilines is 2. The van der Waals surface area contributed by atoms with Gasteiger partial charge in [-0.3, -0.25) is 14.5 Å². The highest BCUT2D eigenvalue weighted by Crippen LogP contribution is 2.31. The summed E-state index contributed by atoms with van der Waals surface area (Å²) in [6, 6.07) is 13.9. The fourth-order valence-electron chi connectivity index (χ4n) is 5.00. The minimum absolute atomic E-state index is 0.0466. The van der Waals surface area contributed by atoms with Crippen LogP contribution in [-0.4, -0.2) is 56.5 Å². The lowest BCUT2D eigenvalue weighted by atomic mass is 9.95. The van der Waals surface area contributed by atoms with E-state index in [1.165, 1.54) is 23.2 Å². The van der Waals surface area contributed by atoms with Crippen LogP contribution in [0.15, 0.2) is 42.5 Å². The molecule has 34 heavy (non-hydrogen) atoms. The first-order valence-electron chi connectivity index (χ1n) is 12.5. The van der Waals surface area contributed by atoms with Crippen molar-refractivity contribution in [1.82, 2.24) is 10.2 Å². The van der Waals surface area contributed by atoms with Gasteiger partial charge >= 0.3 is 11.8 Å². The zero-order valence-electron chi connectivity index (χ0n) is 20.3. The molecule has 182 valence electrons. The van der Waals surface area contributed by atoms with Crippen molar-refractivity contribution < 1.29 is 14.3 Å². The molecule has 0 unspecified atom stereocenters. The third kappa shape index (κ3) is 5.70. The summed E-state index contributed by atoms with van der Waals surface area (Å²) >= 11 is 0. The van der Waals surface area contributed by atoms with Crippen LogP contribution in [0.3, 0.4) is 0 Å². The standard InChI is InChI=1S/C27H36N4O3/c1-3-34-25-12-6-5-11-22(25)29-27(33)26(32)28-19-24(31-16-7-4-8-17-31)21-13-14-23-20(18-21)10-9-15-30(23)2/h5-6,11-14,18,24H,3-4,7-10,15-17,19H2,1-2H3,(H,28,32)(H,29,33)/t24-/m1/s1. The van der Waals surface area contributed by atoms with E-state index in [9.17, 15) is 9.59 Å². The molecule has 4 rings (SSSR count). The maximum atomic E-state index is 12.7. The van der Waals surface area contributed by atoms with Crippen molar-refractivity contribution in [3.63, 3.8) is 0 Å². The maximum Gasteiger partial charge on any atom is 0.313 e. The van der Waals surface area contributed by atoms with Crippen LogP contribution < -0.4 is 20.3 Å². The second-order valence-corrected chi connectivity index (χ2v) is 9.12. The molecule has 2 aliphatic rings. The van der Waals surface area contributed by atoms with Gasteiger partial charge in [0.15, 0.2) is 0 Å². The van der Waals surface area contributed by atoms with Gasteiger partial charge in [-0.25, -0.2) is 0 Å². The van der Waals surface area contributed by atoms with E-state index in [0.29, 0.717) is 24.6 Å². The number of piperidine rings is 1. The molecule has 0 saturated carbocycles. The highest BCUT2D eigenvalue weighted by molar-refractivity contribution is 6.39. The molecule has 2 aromatic carbocycles. The Kier molecular flexibility index (Phi) is 8.06. The van der Waals surface area contributed by atoms with Gasteiger partial charge in [-0.2, -0.15) is 0 Å². The molecule has 1 atom stereocenters. The molecule has 2 N–H and O–H groups in total. The Morgan fingerprint density at radius 1 is 1.00 bits per heavy atom. The number of amides is 2. The first-order chi connectivity index (χ1) is 16.6. The zero-order valence-corrected chi connectivity index (χ0v) is 20.3. The lowest BCUT2D eigenvalue weighted by Gasteiger charge is -2.36. The highest BCUT2D eigenvalue weighted by Gasteiger charge is 2.26. The summed E-state index contributed by atoms with van der Waals surface area (Å²) in [6.07, 6.45) is 5.79. The number of nitrogens with zero attached hydrogens (tertiary/aromatic N) is 2. The van der Waals surface area contributed by atoms with E-state index >= 15 is 0 Å². The van der Waals surface area contributed by atoms with Crippen LogP contribution in [0, 0.1) is 0 Å². The van der Waals surface area contributed by atoms with Crippen molar-refractivity contribution in [3.8, 4) is 5.75 Å². The van der Waals surface area contributed by atoms with Crippen molar-refractivity contribution in [1.29, 1.82) is 0 Å². The molecule has 7 nitrogen and oxygen atoms in total. The van der Waals surface area contributed by atoms with Gasteiger partial charge in [0.2, 0.25) is 0 Å². The minimum atomic E-state index is -0.684. The first kappa shape index (κ1) is 24.1. The summed E-state index contributed by atoms with van der Waals surface area (Å²) in [6.45, 7) is 5.85. The SMILES string of the molecule is CCOc1ccccc1NC(=O)C(=O)NC[C@H](c1ccc2c(c1)CCCN2C)N1CCCCC1. The Hall–Kier alpha value is -3.06. The van der Waals surface area contributed by atoms with Gasteiger partial charge < -0.3 is 20.3 Å². The number of carbonyl (C=O) groups excluding carboxylic acids is 2. The molecule has 1 fully saturated rings. The van der Waals surface area contributed by atoms with Crippen LogP contribution >= 0.6 is 0 Å². The molecule has 2 aromatic rings. The van der Waals surface area contributed by atoms with Crippen molar-refractivity contribution in [2.24, 2.45) is 0 Å². The number of likely N-dealkylation sites (tertiary alicyclic amines) is 1. The normalized spacial score (nSPS) is 16.9. The van der Waals surface area contributed by atoms with Crippen LogP contribution in [0.5, 0.6) is 5.75 Å². The van der Waals surface area contributed by atoms with Crippen molar-refractivity contribution in [2.75, 3.05) is 50.1 Å². The third-order valence-electron chi connectivity index (χ3n) is 6.77. The fraction of sp³-hybridized carbons (Fsp3) is 0.481. The molecule has 7 heteroatoms. The Morgan fingerprint density at radius 2 is 1.79 bits per heavy atom. The average Bonchev–Trinajstić information content (AvgIpc) is 2.86. The van der Waals surface area contributed by atoms with Crippen molar-refractivity contribution in [2.45, 2.75) is 45.1 Å². The molecule has 2 aliphatic heterocycles. The molecule has 2 amide bonds. The second kappa shape index (κ2) is 11.4. The molecule has 0 aromatic heterocycles. The van der Waals surface area contributed by atoms with E-state index in [4.69, 9.17) is 4.74 Å². The molecule has 0 radical (unpaired) electrons. The lowest BCUT2D eigenvalue weighted by Crippen LogP contribution is -2.43. The van der Waals surface area contributed by atoms with E-state index in [1.54, 1.807) is 18.2 Å². The van der Waals surface area contributed by atoms with Crippen LogP contribution in [0.1, 0.15) is 49.8 Å². The smallest absolute Gasteiger partial charge is 0.313 e. The van der Waals surface area contributed by atoms with Gasteiger partial charge in [-0.1, -0.05) is 30.7 Å². The lowest BCUT2D eigenvalue weighted by molar-refractivity contribution is -0.136. The molecular formula is C27H36N4O3. The largest absolute Gasteiger partial charge is 0.492 e. The quantitative estimate of drug-likeness (QED) is 0.611. The predicted molar refractivity (Wildman–Crippen MR) is 135 cm³/mol. The van der Waals surface area contributed by atoms with Crippen LogP contribution in [0.25, 0.3) is 0 Å². The third-order valence-corrected chi connectivity index (χ3v) is 6.77. The molecular weight excluding hydrogens is 428 g/mol. The van der Waals surface area contributed by atoms with Gasteiger partial charge in [-0.15, -0.1) is 0 Å². The summed E-state index contributed by atoms with van der Waals surface area (Å²) in [7, 11) is 2.14. The number of hydrogen-bond acceptors (Lipinski definition) is 5. The number of rotatable bonds is 7. The monoisotopic (exact) mass is 464 g/mol. The number of benzene rings is 2. The summed E-state index contributed by atoms with van der Waals surface area (Å²) in [5.74, 6) is -0.765. The van der Waals surface area contributed by atoms with E-state index in [0.717, 1.165) is 45.3 Å².